The summed E-state index contributed by atoms with van der Waals surface area (Å²) in [7, 11) is 0. The third-order valence-corrected chi connectivity index (χ3v) is 6.04. The number of ether oxygens (including phenoxy) is 3. The molecule has 0 spiro atoms. The topological polar surface area (TPSA) is 77.1 Å². The van der Waals surface area contributed by atoms with E-state index in [-0.39, 0.29) is 29.9 Å². The van der Waals surface area contributed by atoms with Crippen LogP contribution in [0.25, 0.3) is 0 Å². The fraction of sp³-hybridized carbons (Fsp3) is 0.462. The Morgan fingerprint density at radius 3 is 2.58 bits per heavy atom. The van der Waals surface area contributed by atoms with Crippen LogP contribution in [-0.2, 0) is 16.0 Å². The number of carbonyl (C=O) groups is 2. The summed E-state index contributed by atoms with van der Waals surface area (Å²) in [6.07, 6.45) is 2.16. The smallest absolute Gasteiger partial charge is 0.260 e. The van der Waals surface area contributed by atoms with E-state index in [2.05, 4.69) is 25.2 Å². The second-order valence-corrected chi connectivity index (χ2v) is 9.18. The van der Waals surface area contributed by atoms with Crippen molar-refractivity contribution >= 4 is 11.8 Å². The summed E-state index contributed by atoms with van der Waals surface area (Å²) in [5.74, 6) is 2.08. The fourth-order valence-corrected chi connectivity index (χ4v) is 4.32. The van der Waals surface area contributed by atoms with Gasteiger partial charge in [-0.1, -0.05) is 30.3 Å². The number of amides is 2. The van der Waals surface area contributed by atoms with Crippen molar-refractivity contribution < 1.29 is 23.8 Å². The van der Waals surface area contributed by atoms with Crippen LogP contribution in [0.1, 0.15) is 32.3 Å². The Hall–Kier alpha value is -3.22. The van der Waals surface area contributed by atoms with E-state index in [1.807, 2.05) is 42.5 Å². The van der Waals surface area contributed by atoms with Crippen molar-refractivity contribution in [3.8, 4) is 17.2 Å². The number of nitrogens with one attached hydrogen (secondary N) is 1. The molecule has 2 amide bonds. The highest BCUT2D eigenvalue weighted by atomic mass is 16.5. The van der Waals surface area contributed by atoms with Gasteiger partial charge in [0.15, 0.2) is 18.1 Å². The molecule has 1 fully saturated rings. The van der Waals surface area contributed by atoms with Gasteiger partial charge in [-0.3, -0.25) is 9.59 Å². The van der Waals surface area contributed by atoms with Crippen LogP contribution in [0.2, 0.25) is 0 Å². The Balaban J connectivity index is 1.15. The zero-order valence-electron chi connectivity index (χ0n) is 19.3. The molecule has 176 valence electrons. The van der Waals surface area contributed by atoms with Crippen molar-refractivity contribution in [1.82, 2.24) is 10.2 Å². The Kier molecular flexibility index (Phi) is 7.06. The molecule has 0 bridgehead atoms. The number of hydrogen-bond acceptors (Lipinski definition) is 5. The predicted octanol–water partition coefficient (Wildman–Crippen LogP) is 3.21. The summed E-state index contributed by atoms with van der Waals surface area (Å²) in [5.41, 5.74) is 0.928. The van der Waals surface area contributed by atoms with Crippen LogP contribution >= 0.6 is 0 Å². The van der Waals surface area contributed by atoms with E-state index in [0.29, 0.717) is 44.8 Å². The van der Waals surface area contributed by atoms with Crippen molar-refractivity contribution in [2.45, 2.75) is 38.7 Å². The highest BCUT2D eigenvalue weighted by Gasteiger charge is 2.32. The Morgan fingerprint density at radius 2 is 1.82 bits per heavy atom. The largest absolute Gasteiger partial charge is 0.488 e. The van der Waals surface area contributed by atoms with Gasteiger partial charge in [-0.25, -0.2) is 0 Å². The van der Waals surface area contributed by atoms with Gasteiger partial charge in [-0.05, 0) is 44.9 Å². The Bertz CT molecular complexity index is 968. The third-order valence-electron chi connectivity index (χ3n) is 6.04. The molecule has 2 aromatic carbocycles. The molecule has 0 radical (unpaired) electrons. The highest BCUT2D eigenvalue weighted by Crippen LogP contribution is 2.41. The molecular weight excluding hydrogens is 420 g/mol. The van der Waals surface area contributed by atoms with Gasteiger partial charge in [-0.15, -0.1) is 0 Å². The van der Waals surface area contributed by atoms with Crippen molar-refractivity contribution in [1.29, 1.82) is 0 Å². The van der Waals surface area contributed by atoms with Crippen molar-refractivity contribution in [2.24, 2.45) is 5.92 Å². The number of piperidine rings is 1. The van der Waals surface area contributed by atoms with Gasteiger partial charge in [0.25, 0.3) is 5.91 Å². The molecule has 1 N–H and O–H groups in total. The molecule has 0 saturated carbocycles. The lowest BCUT2D eigenvalue weighted by Crippen LogP contribution is -2.45. The van der Waals surface area contributed by atoms with E-state index in [1.165, 1.54) is 0 Å². The quantitative estimate of drug-likeness (QED) is 0.623. The van der Waals surface area contributed by atoms with Gasteiger partial charge >= 0.3 is 0 Å². The summed E-state index contributed by atoms with van der Waals surface area (Å²) >= 11 is 0. The molecule has 0 atom stereocenters. The third kappa shape index (κ3) is 5.97. The number of rotatable bonds is 8. The van der Waals surface area contributed by atoms with Gasteiger partial charge in [-0.2, -0.15) is 0 Å². The zero-order valence-corrected chi connectivity index (χ0v) is 19.3. The predicted molar refractivity (Wildman–Crippen MR) is 125 cm³/mol. The summed E-state index contributed by atoms with van der Waals surface area (Å²) in [5, 5.41) is 2.96. The molecule has 0 aromatic heterocycles. The molecule has 2 aliphatic rings. The summed E-state index contributed by atoms with van der Waals surface area (Å²) in [6.45, 7) is 6.07. The van der Waals surface area contributed by atoms with Crippen molar-refractivity contribution in [2.75, 3.05) is 32.8 Å². The average molecular weight is 453 g/mol. The maximum absolute atomic E-state index is 12.5. The summed E-state index contributed by atoms with van der Waals surface area (Å²) < 4.78 is 17.4. The lowest BCUT2D eigenvalue weighted by atomic mass is 9.96. The Labute approximate surface area is 195 Å². The molecule has 4 rings (SSSR count). The van der Waals surface area contributed by atoms with E-state index in [1.54, 1.807) is 4.90 Å². The van der Waals surface area contributed by atoms with Crippen LogP contribution in [-0.4, -0.2) is 55.2 Å². The second-order valence-electron chi connectivity index (χ2n) is 9.18. The first-order chi connectivity index (χ1) is 15.9. The van der Waals surface area contributed by atoms with Crippen LogP contribution in [0.15, 0.2) is 48.5 Å². The number of carbonyl (C=O) groups excluding carboxylic acids is 2. The van der Waals surface area contributed by atoms with E-state index in [4.69, 9.17) is 14.2 Å². The van der Waals surface area contributed by atoms with Crippen molar-refractivity contribution in [3.05, 3.63) is 54.1 Å². The molecule has 2 heterocycles. The average Bonchev–Trinajstić information content (AvgIpc) is 3.15. The van der Waals surface area contributed by atoms with Crippen molar-refractivity contribution in [3.63, 3.8) is 0 Å². The first kappa shape index (κ1) is 23.0. The normalized spacial score (nSPS) is 17.1. The molecule has 1 saturated heterocycles. The zero-order chi connectivity index (χ0) is 23.3. The molecule has 2 aromatic rings. The maximum Gasteiger partial charge on any atom is 0.260 e. The molecule has 0 aliphatic carbocycles. The monoisotopic (exact) mass is 452 g/mol. The lowest BCUT2D eigenvalue weighted by Gasteiger charge is -2.31. The SMILES string of the molecule is CC1(C)Cc2cccc(OCCNC(=O)C3CCN(C(=O)COc4ccccc4)CC3)c2O1. The van der Waals surface area contributed by atoms with Gasteiger partial charge < -0.3 is 24.4 Å². The number of hydrogen-bond donors (Lipinski definition) is 1. The first-order valence-corrected chi connectivity index (χ1v) is 11.6. The number of benzene rings is 2. The Morgan fingerprint density at radius 1 is 1.06 bits per heavy atom. The highest BCUT2D eigenvalue weighted by molar-refractivity contribution is 5.80. The molecular formula is C26H32N2O5. The number of nitrogens with zero attached hydrogens (tertiary/aromatic N) is 1. The van der Waals surface area contributed by atoms with Crippen LogP contribution in [0.4, 0.5) is 0 Å². The molecule has 7 nitrogen and oxygen atoms in total. The lowest BCUT2D eigenvalue weighted by molar-refractivity contribution is -0.137. The van der Waals surface area contributed by atoms with Crippen LogP contribution in [0.5, 0.6) is 17.2 Å². The van der Waals surface area contributed by atoms with E-state index in [9.17, 15) is 9.59 Å². The van der Waals surface area contributed by atoms with Gasteiger partial charge in [0, 0.05) is 31.0 Å². The molecule has 7 heteroatoms. The number of para-hydroxylation sites is 2. The van der Waals surface area contributed by atoms with Crippen LogP contribution in [0, 0.1) is 5.92 Å². The minimum absolute atomic E-state index is 0.0157. The fourth-order valence-electron chi connectivity index (χ4n) is 4.32. The second kappa shape index (κ2) is 10.1. The van der Waals surface area contributed by atoms with E-state index in [0.717, 1.165) is 23.5 Å². The maximum atomic E-state index is 12.5. The van der Waals surface area contributed by atoms with Crippen LogP contribution in [0.3, 0.4) is 0 Å². The van der Waals surface area contributed by atoms with Gasteiger partial charge in [0.1, 0.15) is 18.0 Å². The summed E-state index contributed by atoms with van der Waals surface area (Å²) in [6, 6.07) is 15.2. The number of likely N-dealkylation sites (tertiary alicyclic amines) is 1. The standard InChI is InChI=1S/C26H32N2O5/c1-26(2)17-20-7-6-10-22(24(20)33-26)31-16-13-27-25(30)19-11-14-28(15-12-19)23(29)18-32-21-8-4-3-5-9-21/h3-10,19H,11-18H2,1-2H3,(H,27,30). The van der Waals surface area contributed by atoms with E-state index < -0.39 is 0 Å². The molecule has 0 unspecified atom stereocenters. The van der Waals surface area contributed by atoms with Crippen LogP contribution < -0.4 is 19.5 Å². The molecule has 2 aliphatic heterocycles. The van der Waals surface area contributed by atoms with Gasteiger partial charge in [0.05, 0.1) is 6.54 Å². The minimum Gasteiger partial charge on any atom is -0.488 e. The van der Waals surface area contributed by atoms with E-state index >= 15 is 0 Å². The van der Waals surface area contributed by atoms with Gasteiger partial charge in [0.2, 0.25) is 5.91 Å². The minimum atomic E-state index is -0.222. The molecule has 33 heavy (non-hydrogen) atoms. The first-order valence-electron chi connectivity index (χ1n) is 11.6. The summed E-state index contributed by atoms with van der Waals surface area (Å²) in [4.78, 5) is 26.7. The number of fused-ring (bicyclic) bond motifs is 1.